The van der Waals surface area contributed by atoms with Crippen LogP contribution in [-0.2, 0) is 6.54 Å². The van der Waals surface area contributed by atoms with E-state index >= 15 is 0 Å². The molecule has 0 unspecified atom stereocenters. The van der Waals surface area contributed by atoms with Crippen molar-refractivity contribution in [2.24, 2.45) is 0 Å². The van der Waals surface area contributed by atoms with Crippen molar-refractivity contribution in [3.8, 4) is 10.6 Å². The second-order valence-electron chi connectivity index (χ2n) is 4.72. The minimum absolute atomic E-state index is 0.119. The first-order valence-electron chi connectivity index (χ1n) is 6.75. The van der Waals surface area contributed by atoms with Gasteiger partial charge in [-0.25, -0.2) is 0 Å². The van der Waals surface area contributed by atoms with Crippen molar-refractivity contribution in [3.05, 3.63) is 76.3 Å². The zero-order valence-electron chi connectivity index (χ0n) is 11.6. The lowest BCUT2D eigenvalue weighted by molar-refractivity contribution is 0.0951. The Balaban J connectivity index is 1.67. The van der Waals surface area contributed by atoms with Gasteiger partial charge >= 0.3 is 0 Å². The van der Waals surface area contributed by atoms with Gasteiger partial charge in [0.1, 0.15) is 0 Å². The molecule has 22 heavy (non-hydrogen) atoms. The fourth-order valence-corrected chi connectivity index (χ4v) is 2.85. The van der Waals surface area contributed by atoms with Crippen molar-refractivity contribution in [2.75, 3.05) is 0 Å². The van der Waals surface area contributed by atoms with Crippen molar-refractivity contribution < 1.29 is 4.79 Å². The standard InChI is InChI=1S/C17H13ClN2OS/c18-14-5-3-13(4-6-14)17(21)20-11-12-7-8-19-15(10-12)16-2-1-9-22-16/h1-10H,11H2,(H,20,21). The first kappa shape index (κ1) is 14.8. The first-order valence-corrected chi connectivity index (χ1v) is 8.01. The lowest BCUT2D eigenvalue weighted by Crippen LogP contribution is -2.22. The Labute approximate surface area is 137 Å². The molecule has 3 aromatic rings. The van der Waals surface area contributed by atoms with Gasteiger partial charge in [0.05, 0.1) is 10.6 Å². The fourth-order valence-electron chi connectivity index (χ4n) is 2.03. The number of hydrogen-bond donors (Lipinski definition) is 1. The Bertz CT molecular complexity index is 770. The smallest absolute Gasteiger partial charge is 0.251 e. The summed E-state index contributed by atoms with van der Waals surface area (Å²) < 4.78 is 0. The van der Waals surface area contributed by atoms with Gasteiger partial charge in [-0.1, -0.05) is 17.7 Å². The van der Waals surface area contributed by atoms with Crippen LogP contribution < -0.4 is 5.32 Å². The van der Waals surface area contributed by atoms with Crippen LogP contribution in [0.1, 0.15) is 15.9 Å². The molecule has 0 radical (unpaired) electrons. The number of hydrogen-bond acceptors (Lipinski definition) is 3. The van der Waals surface area contributed by atoms with E-state index in [1.165, 1.54) is 0 Å². The van der Waals surface area contributed by atoms with E-state index in [0.29, 0.717) is 17.1 Å². The lowest BCUT2D eigenvalue weighted by atomic mass is 10.2. The molecule has 2 heterocycles. The number of halogens is 1. The van der Waals surface area contributed by atoms with Crippen LogP contribution in [0.25, 0.3) is 10.6 Å². The van der Waals surface area contributed by atoms with Gasteiger partial charge in [-0.3, -0.25) is 9.78 Å². The number of benzene rings is 1. The van der Waals surface area contributed by atoms with Gasteiger partial charge in [-0.15, -0.1) is 11.3 Å². The third-order valence-electron chi connectivity index (χ3n) is 3.16. The van der Waals surface area contributed by atoms with E-state index in [9.17, 15) is 4.79 Å². The maximum Gasteiger partial charge on any atom is 0.251 e. The molecular formula is C17H13ClN2OS. The summed E-state index contributed by atoms with van der Waals surface area (Å²) in [7, 11) is 0. The number of carbonyl (C=O) groups is 1. The third kappa shape index (κ3) is 3.53. The molecule has 0 saturated carbocycles. The summed E-state index contributed by atoms with van der Waals surface area (Å²) in [5.74, 6) is -0.119. The molecule has 0 fully saturated rings. The van der Waals surface area contributed by atoms with Crippen molar-refractivity contribution in [3.63, 3.8) is 0 Å². The van der Waals surface area contributed by atoms with Gasteiger partial charge in [0.25, 0.3) is 5.91 Å². The van der Waals surface area contributed by atoms with Crippen LogP contribution in [0.15, 0.2) is 60.1 Å². The molecule has 0 spiro atoms. The zero-order valence-corrected chi connectivity index (χ0v) is 13.2. The van der Waals surface area contributed by atoms with E-state index in [1.807, 2.05) is 29.6 Å². The van der Waals surface area contributed by atoms with Crippen molar-refractivity contribution in [1.29, 1.82) is 0 Å². The largest absolute Gasteiger partial charge is 0.348 e. The fraction of sp³-hybridized carbons (Fsp3) is 0.0588. The highest BCUT2D eigenvalue weighted by Gasteiger charge is 2.06. The Morgan fingerprint density at radius 1 is 1.18 bits per heavy atom. The number of rotatable bonds is 4. The summed E-state index contributed by atoms with van der Waals surface area (Å²) in [5.41, 5.74) is 2.53. The van der Waals surface area contributed by atoms with E-state index in [-0.39, 0.29) is 5.91 Å². The minimum atomic E-state index is -0.119. The monoisotopic (exact) mass is 328 g/mol. The van der Waals surface area contributed by atoms with E-state index in [1.54, 1.807) is 41.8 Å². The average molecular weight is 329 g/mol. The number of nitrogens with zero attached hydrogens (tertiary/aromatic N) is 1. The normalized spacial score (nSPS) is 10.4. The number of pyridine rings is 1. The number of amides is 1. The molecule has 5 heteroatoms. The highest BCUT2D eigenvalue weighted by Crippen LogP contribution is 2.23. The van der Waals surface area contributed by atoms with Gasteiger partial charge in [0, 0.05) is 23.3 Å². The minimum Gasteiger partial charge on any atom is -0.348 e. The number of thiophene rings is 1. The molecular weight excluding hydrogens is 316 g/mol. The summed E-state index contributed by atoms with van der Waals surface area (Å²) in [6.07, 6.45) is 1.76. The molecule has 0 aliphatic carbocycles. The number of nitrogens with one attached hydrogen (secondary N) is 1. The third-order valence-corrected chi connectivity index (χ3v) is 4.30. The molecule has 1 aromatic carbocycles. The molecule has 0 saturated heterocycles. The Hall–Kier alpha value is -2.17. The zero-order chi connectivity index (χ0) is 15.4. The quantitative estimate of drug-likeness (QED) is 0.771. The SMILES string of the molecule is O=C(NCc1ccnc(-c2cccs2)c1)c1ccc(Cl)cc1. The van der Waals surface area contributed by atoms with Gasteiger partial charge in [0.15, 0.2) is 0 Å². The summed E-state index contributed by atoms with van der Waals surface area (Å²) in [6.45, 7) is 0.461. The Morgan fingerprint density at radius 3 is 2.73 bits per heavy atom. The van der Waals surface area contributed by atoms with Crippen LogP contribution in [0.2, 0.25) is 5.02 Å². The van der Waals surface area contributed by atoms with Gasteiger partial charge in [-0.2, -0.15) is 0 Å². The molecule has 0 aliphatic rings. The van der Waals surface area contributed by atoms with Crippen LogP contribution in [-0.4, -0.2) is 10.9 Å². The predicted molar refractivity (Wildman–Crippen MR) is 90.2 cm³/mol. The summed E-state index contributed by atoms with van der Waals surface area (Å²) in [6, 6.07) is 14.8. The van der Waals surface area contributed by atoms with E-state index in [0.717, 1.165) is 16.1 Å². The molecule has 110 valence electrons. The van der Waals surface area contributed by atoms with Crippen LogP contribution >= 0.6 is 22.9 Å². The topological polar surface area (TPSA) is 42.0 Å². The molecule has 3 nitrogen and oxygen atoms in total. The predicted octanol–water partition coefficient (Wildman–Crippen LogP) is 4.39. The summed E-state index contributed by atoms with van der Waals surface area (Å²) >= 11 is 7.46. The van der Waals surface area contributed by atoms with E-state index in [4.69, 9.17) is 11.6 Å². The maximum absolute atomic E-state index is 12.1. The lowest BCUT2D eigenvalue weighted by Gasteiger charge is -2.06. The van der Waals surface area contributed by atoms with Crippen LogP contribution in [0.4, 0.5) is 0 Å². The Morgan fingerprint density at radius 2 is 2.00 bits per heavy atom. The summed E-state index contributed by atoms with van der Waals surface area (Å²) in [4.78, 5) is 17.6. The Kier molecular flexibility index (Phi) is 4.51. The van der Waals surface area contributed by atoms with Crippen molar-refractivity contribution in [1.82, 2.24) is 10.3 Å². The highest BCUT2D eigenvalue weighted by molar-refractivity contribution is 7.13. The second kappa shape index (κ2) is 6.73. The van der Waals surface area contributed by atoms with Crippen molar-refractivity contribution in [2.45, 2.75) is 6.54 Å². The van der Waals surface area contributed by atoms with E-state index < -0.39 is 0 Å². The van der Waals surface area contributed by atoms with Gasteiger partial charge in [0.2, 0.25) is 0 Å². The summed E-state index contributed by atoms with van der Waals surface area (Å²) in [5, 5.41) is 5.54. The molecule has 2 aromatic heterocycles. The molecule has 0 atom stereocenters. The molecule has 1 amide bonds. The van der Waals surface area contributed by atoms with E-state index in [2.05, 4.69) is 10.3 Å². The van der Waals surface area contributed by atoms with Crippen LogP contribution in [0, 0.1) is 0 Å². The molecule has 1 N–H and O–H groups in total. The second-order valence-corrected chi connectivity index (χ2v) is 6.10. The van der Waals surface area contributed by atoms with Crippen LogP contribution in [0.5, 0.6) is 0 Å². The maximum atomic E-state index is 12.1. The number of aromatic nitrogens is 1. The van der Waals surface area contributed by atoms with Gasteiger partial charge < -0.3 is 5.32 Å². The average Bonchev–Trinajstić information content (AvgIpc) is 3.08. The molecule has 3 rings (SSSR count). The highest BCUT2D eigenvalue weighted by atomic mass is 35.5. The van der Waals surface area contributed by atoms with Crippen LogP contribution in [0.3, 0.4) is 0 Å². The molecule has 0 aliphatic heterocycles. The first-order chi connectivity index (χ1) is 10.7. The molecule has 0 bridgehead atoms. The number of carbonyl (C=O) groups excluding carboxylic acids is 1. The van der Waals surface area contributed by atoms with Gasteiger partial charge in [-0.05, 0) is 53.4 Å². The van der Waals surface area contributed by atoms with Crippen molar-refractivity contribution >= 4 is 28.8 Å².